The van der Waals surface area contributed by atoms with Crippen LogP contribution in [-0.2, 0) is 23.1 Å². The lowest BCUT2D eigenvalue weighted by atomic mass is 9.82. The summed E-state index contributed by atoms with van der Waals surface area (Å²) in [6, 6.07) is 23.8. The van der Waals surface area contributed by atoms with Crippen LogP contribution in [0.2, 0.25) is 10.0 Å². The average Bonchev–Trinajstić information content (AvgIpc) is 4.19. The zero-order valence-electron chi connectivity index (χ0n) is 38.4. The van der Waals surface area contributed by atoms with Gasteiger partial charge in [0.05, 0.1) is 92.3 Å². The molecule has 18 nitrogen and oxygen atoms in total. The molecule has 374 valence electrons. The van der Waals surface area contributed by atoms with E-state index in [0.717, 1.165) is 29.3 Å². The Balaban J connectivity index is 0.000000181. The number of nitrogens with zero attached hydrogens (tertiary/aromatic N) is 9. The smallest absolute Gasteiger partial charge is 0.268 e. The highest BCUT2D eigenvalue weighted by Crippen LogP contribution is 2.38. The fraction of sp³-hybridized carbons (Fsp3) is 0.294. The number of anilines is 4. The van der Waals surface area contributed by atoms with Crippen LogP contribution in [0.25, 0.3) is 44.3 Å². The van der Waals surface area contributed by atoms with Crippen LogP contribution in [0.15, 0.2) is 133 Å². The molecule has 9 N–H and O–H groups in total. The SMILES string of the molecule is C.Nc1cnn(CC2(O)CCC(Nc3ncc(Cl)c(-c4c[nH]c5ccccc45)n3)CC2)c1.Nc1cnn(CC2(O)CCC(Nc3ncc(Cl)c(-c4cn(S(=O)(=O)c5ccccc5)c5ccccc45)n3)CC2)c1. The van der Waals surface area contributed by atoms with E-state index in [9.17, 15) is 18.6 Å². The zero-order valence-corrected chi connectivity index (χ0v) is 40.7. The first kappa shape index (κ1) is 49.9. The van der Waals surface area contributed by atoms with Crippen molar-refractivity contribution in [1.82, 2.24) is 48.5 Å². The summed E-state index contributed by atoms with van der Waals surface area (Å²) in [5.74, 6) is 0.928. The van der Waals surface area contributed by atoms with E-state index < -0.39 is 21.2 Å². The minimum atomic E-state index is -3.85. The highest BCUT2D eigenvalue weighted by atomic mass is 35.5. The molecule has 9 aromatic rings. The van der Waals surface area contributed by atoms with Crippen molar-refractivity contribution in [3.05, 3.63) is 138 Å². The maximum Gasteiger partial charge on any atom is 0.268 e. The summed E-state index contributed by atoms with van der Waals surface area (Å²) >= 11 is 13.0. The third-order valence-electron chi connectivity index (χ3n) is 13.3. The molecule has 0 aliphatic heterocycles. The minimum Gasteiger partial charge on any atom is -0.396 e. The minimum absolute atomic E-state index is 0. The predicted molar refractivity (Wildman–Crippen MR) is 283 cm³/mol. The molecule has 3 aromatic carbocycles. The molecule has 2 aliphatic carbocycles. The molecule has 72 heavy (non-hydrogen) atoms. The largest absolute Gasteiger partial charge is 0.396 e. The fourth-order valence-electron chi connectivity index (χ4n) is 9.58. The molecule has 11 rings (SSSR count). The molecule has 6 heterocycles. The number of aromatic nitrogens is 10. The van der Waals surface area contributed by atoms with Gasteiger partial charge < -0.3 is 37.3 Å². The summed E-state index contributed by atoms with van der Waals surface area (Å²) in [6.45, 7) is 0.827. The second kappa shape index (κ2) is 20.6. The molecule has 6 aromatic heterocycles. The average molecular weight is 1030 g/mol. The van der Waals surface area contributed by atoms with Crippen LogP contribution in [0, 0.1) is 0 Å². The van der Waals surface area contributed by atoms with Crippen molar-refractivity contribution >= 4 is 78.3 Å². The van der Waals surface area contributed by atoms with E-state index >= 15 is 0 Å². The highest BCUT2D eigenvalue weighted by Gasteiger charge is 2.36. The summed E-state index contributed by atoms with van der Waals surface area (Å²) in [7, 11) is -3.85. The first-order valence-corrected chi connectivity index (χ1v) is 25.5. The Morgan fingerprint density at radius 3 is 1.67 bits per heavy atom. The molecule has 2 saturated carbocycles. The van der Waals surface area contributed by atoms with E-state index in [1.54, 1.807) is 89.0 Å². The van der Waals surface area contributed by atoms with Gasteiger partial charge in [-0.2, -0.15) is 10.2 Å². The van der Waals surface area contributed by atoms with E-state index in [-0.39, 0.29) is 24.4 Å². The third-order valence-corrected chi connectivity index (χ3v) is 15.5. The Labute approximate surface area is 426 Å². The Bertz CT molecular complexity index is 3430. The second-order valence-electron chi connectivity index (χ2n) is 18.4. The van der Waals surface area contributed by atoms with Crippen LogP contribution >= 0.6 is 23.2 Å². The number of benzene rings is 3. The molecule has 21 heteroatoms. The Hall–Kier alpha value is -7.03. The number of hydrogen-bond acceptors (Lipinski definition) is 14. The van der Waals surface area contributed by atoms with Gasteiger partial charge in [-0.05, 0) is 75.6 Å². The molecule has 0 saturated heterocycles. The monoisotopic (exact) mass is 1030 g/mol. The maximum atomic E-state index is 13.5. The number of hydrogen-bond donors (Lipinski definition) is 7. The molecular formula is C51H56Cl2N14O4S. The van der Waals surface area contributed by atoms with Crippen LogP contribution in [0.1, 0.15) is 58.8 Å². The molecule has 0 unspecified atom stereocenters. The number of aromatic amines is 1. The normalized spacial score (nSPS) is 20.1. The van der Waals surface area contributed by atoms with E-state index in [1.165, 1.54) is 10.2 Å². The number of nitrogen functional groups attached to an aromatic ring is 2. The van der Waals surface area contributed by atoms with E-state index in [0.29, 0.717) is 113 Å². The summed E-state index contributed by atoms with van der Waals surface area (Å²) in [6.07, 6.45) is 18.8. The second-order valence-corrected chi connectivity index (χ2v) is 21.1. The van der Waals surface area contributed by atoms with Crippen molar-refractivity contribution in [3.8, 4) is 22.5 Å². The highest BCUT2D eigenvalue weighted by molar-refractivity contribution is 7.90. The van der Waals surface area contributed by atoms with Gasteiger partial charge in [-0.15, -0.1) is 0 Å². The molecule has 2 fully saturated rings. The van der Waals surface area contributed by atoms with Gasteiger partial charge in [0.2, 0.25) is 11.9 Å². The van der Waals surface area contributed by atoms with Gasteiger partial charge in [0, 0.05) is 64.3 Å². The van der Waals surface area contributed by atoms with Gasteiger partial charge >= 0.3 is 0 Å². The van der Waals surface area contributed by atoms with Gasteiger partial charge in [-0.3, -0.25) is 9.36 Å². The van der Waals surface area contributed by atoms with Crippen molar-refractivity contribution in [2.45, 2.75) is 100 Å². The van der Waals surface area contributed by atoms with Gasteiger partial charge in [-0.1, -0.05) is 85.2 Å². The van der Waals surface area contributed by atoms with Crippen molar-refractivity contribution in [2.75, 3.05) is 22.1 Å². The number of nitrogens with two attached hydrogens (primary N) is 2. The van der Waals surface area contributed by atoms with Crippen molar-refractivity contribution in [3.63, 3.8) is 0 Å². The summed E-state index contributed by atoms with van der Waals surface area (Å²) in [5.41, 5.74) is 15.2. The Kier molecular flexibility index (Phi) is 14.3. The van der Waals surface area contributed by atoms with Gasteiger partial charge in [0.1, 0.15) is 0 Å². The number of aliphatic hydroxyl groups is 2. The van der Waals surface area contributed by atoms with Crippen LogP contribution in [0.5, 0.6) is 0 Å². The predicted octanol–water partition coefficient (Wildman–Crippen LogP) is 9.03. The maximum absolute atomic E-state index is 13.5. The van der Waals surface area contributed by atoms with Gasteiger partial charge in [0.25, 0.3) is 10.0 Å². The third kappa shape index (κ3) is 10.8. The van der Waals surface area contributed by atoms with Gasteiger partial charge in [0.15, 0.2) is 0 Å². The number of nitrogens with one attached hydrogen (secondary N) is 3. The quantitative estimate of drug-likeness (QED) is 0.0603. The van der Waals surface area contributed by atoms with Crippen molar-refractivity contribution in [2.24, 2.45) is 0 Å². The van der Waals surface area contributed by atoms with Crippen LogP contribution in [0.3, 0.4) is 0 Å². The topological polar surface area (TPSA) is 259 Å². The summed E-state index contributed by atoms with van der Waals surface area (Å²) in [5, 5.41) is 39.8. The van der Waals surface area contributed by atoms with Crippen LogP contribution in [0.4, 0.5) is 23.3 Å². The first-order valence-electron chi connectivity index (χ1n) is 23.3. The molecule has 0 radical (unpaired) electrons. The van der Waals surface area contributed by atoms with E-state index in [2.05, 4.69) is 35.8 Å². The van der Waals surface area contributed by atoms with Crippen molar-refractivity contribution < 1.29 is 18.6 Å². The molecule has 0 amide bonds. The van der Waals surface area contributed by atoms with Gasteiger partial charge in [-0.25, -0.2) is 32.3 Å². The van der Waals surface area contributed by atoms with Crippen molar-refractivity contribution in [1.29, 1.82) is 0 Å². The molecule has 0 atom stereocenters. The van der Waals surface area contributed by atoms with Crippen LogP contribution < -0.4 is 22.1 Å². The number of H-pyrrole nitrogens is 1. The number of fused-ring (bicyclic) bond motifs is 2. The lowest BCUT2D eigenvalue weighted by Gasteiger charge is -2.36. The zero-order chi connectivity index (χ0) is 49.3. The van der Waals surface area contributed by atoms with E-state index in [1.807, 2.05) is 42.6 Å². The summed E-state index contributed by atoms with van der Waals surface area (Å²) in [4.78, 5) is 21.6. The molecule has 2 aliphatic rings. The fourth-order valence-corrected chi connectivity index (χ4v) is 11.4. The first-order chi connectivity index (χ1) is 34.2. The van der Waals surface area contributed by atoms with Crippen LogP contribution in [-0.4, -0.2) is 90.4 Å². The van der Waals surface area contributed by atoms with E-state index in [4.69, 9.17) is 44.6 Å². The lowest BCUT2D eigenvalue weighted by Crippen LogP contribution is -2.41. The standard InChI is InChI=1S/C28H28ClN7O3S.C22H24ClN7O.CH4/c29-24-15-31-27(33-20-10-12-28(37,13-11-20)18-35-16-19(30)14-32-35)34-26(24)23-17-36(25-9-5-4-8-22(23)25)40(38,39)21-6-2-1-3-7-21;23-18-11-26-21(29-20(18)17-10-25-19-4-2-1-3-16(17)19)28-15-5-7-22(31,8-6-15)13-30-12-14(24)9-27-30;/h1-9,14-17,20,37H,10-13,18,30H2,(H,31,33,34);1-4,9-12,15,25,31H,5-8,13,24H2,(H,26,28,29);1H4. The molecular weight excluding hydrogens is 976 g/mol. The molecule has 0 bridgehead atoms. The number of halogens is 2. The lowest BCUT2D eigenvalue weighted by molar-refractivity contribution is -0.0170. The Morgan fingerprint density at radius 1 is 0.653 bits per heavy atom. The number of para-hydroxylation sites is 2. The molecule has 0 spiro atoms. The number of rotatable bonds is 12. The Morgan fingerprint density at radius 2 is 1.14 bits per heavy atom. The summed E-state index contributed by atoms with van der Waals surface area (Å²) < 4.78 is 31.7.